The minimum atomic E-state index is 0.560. The van der Waals surface area contributed by atoms with Crippen LogP contribution >= 0.6 is 15.9 Å². The number of hydrogen-bond donors (Lipinski definition) is 0. The molecule has 88 valence electrons. The molecule has 2 unspecified atom stereocenters. The van der Waals surface area contributed by atoms with Crippen molar-refractivity contribution in [1.82, 2.24) is 4.98 Å². The molecule has 0 bridgehead atoms. The van der Waals surface area contributed by atoms with Gasteiger partial charge < -0.3 is 9.64 Å². The highest BCUT2D eigenvalue weighted by Gasteiger charge is 2.24. The molecule has 4 heteroatoms. The summed E-state index contributed by atoms with van der Waals surface area (Å²) in [4.78, 5) is 7.29. The molecule has 0 spiro atoms. The van der Waals surface area contributed by atoms with Crippen LogP contribution in [0.2, 0.25) is 0 Å². The number of alkyl halides is 1. The Balaban J connectivity index is 2.06. The zero-order chi connectivity index (χ0) is 11.5. The number of piperidine rings is 1. The fourth-order valence-corrected chi connectivity index (χ4v) is 2.52. The van der Waals surface area contributed by atoms with Crippen molar-refractivity contribution in [3.8, 4) is 5.75 Å². The van der Waals surface area contributed by atoms with Gasteiger partial charge in [0.05, 0.1) is 13.3 Å². The molecule has 1 saturated heterocycles. The van der Waals surface area contributed by atoms with E-state index in [0.717, 1.165) is 30.6 Å². The summed E-state index contributed by atoms with van der Waals surface area (Å²) >= 11 is 3.73. The Labute approximate surface area is 105 Å². The van der Waals surface area contributed by atoms with Gasteiger partial charge in [-0.2, -0.15) is 0 Å². The van der Waals surface area contributed by atoms with Crippen molar-refractivity contribution in [1.29, 1.82) is 0 Å². The second-order valence-electron chi connectivity index (χ2n) is 4.28. The zero-order valence-corrected chi connectivity index (χ0v) is 11.3. The van der Waals surface area contributed by atoms with Crippen LogP contribution in [0.1, 0.15) is 13.3 Å². The molecule has 1 aromatic heterocycles. The number of aromatic nitrogens is 1. The minimum Gasteiger partial charge on any atom is -0.495 e. The summed E-state index contributed by atoms with van der Waals surface area (Å²) in [6.45, 7) is 4.40. The number of halogens is 1. The molecule has 0 aliphatic carbocycles. The van der Waals surface area contributed by atoms with Crippen LogP contribution in [-0.4, -0.2) is 30.0 Å². The van der Waals surface area contributed by atoms with Crippen molar-refractivity contribution in [3.05, 3.63) is 18.3 Å². The van der Waals surface area contributed by atoms with Crippen LogP contribution in [-0.2, 0) is 0 Å². The summed E-state index contributed by atoms with van der Waals surface area (Å²) in [6.07, 6.45) is 2.99. The summed E-state index contributed by atoms with van der Waals surface area (Å²) in [6, 6.07) is 3.98. The molecule has 2 atom stereocenters. The van der Waals surface area contributed by atoms with Gasteiger partial charge >= 0.3 is 0 Å². The van der Waals surface area contributed by atoms with Crippen molar-refractivity contribution in [2.45, 2.75) is 18.2 Å². The Morgan fingerprint density at radius 3 is 2.88 bits per heavy atom. The zero-order valence-electron chi connectivity index (χ0n) is 9.69. The van der Waals surface area contributed by atoms with Crippen molar-refractivity contribution >= 4 is 21.7 Å². The maximum Gasteiger partial charge on any atom is 0.137 e. The quantitative estimate of drug-likeness (QED) is 0.781. The van der Waals surface area contributed by atoms with Gasteiger partial charge in [0.1, 0.15) is 11.6 Å². The van der Waals surface area contributed by atoms with Crippen LogP contribution < -0.4 is 9.64 Å². The van der Waals surface area contributed by atoms with Gasteiger partial charge in [-0.15, -0.1) is 0 Å². The third-order valence-electron chi connectivity index (χ3n) is 3.15. The first-order valence-electron chi connectivity index (χ1n) is 5.59. The number of pyridine rings is 1. The van der Waals surface area contributed by atoms with E-state index in [1.54, 1.807) is 13.3 Å². The molecule has 0 radical (unpaired) electrons. The third-order valence-corrected chi connectivity index (χ3v) is 4.34. The minimum absolute atomic E-state index is 0.560. The van der Waals surface area contributed by atoms with E-state index < -0.39 is 0 Å². The van der Waals surface area contributed by atoms with Gasteiger partial charge in [0.2, 0.25) is 0 Å². The average molecular weight is 285 g/mol. The lowest BCUT2D eigenvalue weighted by Crippen LogP contribution is -2.40. The molecule has 1 aromatic rings. The SMILES string of the molecule is COc1ccc(N2CCC(C)C(Br)C2)nc1. The molecular weight excluding hydrogens is 268 g/mol. The Bertz CT molecular complexity index is 341. The van der Waals surface area contributed by atoms with Crippen LogP contribution in [0.5, 0.6) is 5.75 Å². The molecule has 1 fully saturated rings. The smallest absolute Gasteiger partial charge is 0.137 e. The normalized spacial score (nSPS) is 25.6. The highest BCUT2D eigenvalue weighted by molar-refractivity contribution is 9.09. The van der Waals surface area contributed by atoms with E-state index in [1.807, 2.05) is 12.1 Å². The number of anilines is 1. The molecule has 0 aromatic carbocycles. The maximum atomic E-state index is 5.10. The van der Waals surface area contributed by atoms with Crippen molar-refractivity contribution in [3.63, 3.8) is 0 Å². The summed E-state index contributed by atoms with van der Waals surface area (Å²) < 4.78 is 5.10. The predicted octanol–water partition coefficient (Wildman–Crippen LogP) is 2.70. The topological polar surface area (TPSA) is 25.4 Å². The van der Waals surface area contributed by atoms with Gasteiger partial charge in [-0.05, 0) is 24.5 Å². The fraction of sp³-hybridized carbons (Fsp3) is 0.583. The van der Waals surface area contributed by atoms with Gasteiger partial charge in [-0.25, -0.2) is 4.98 Å². The Hall–Kier alpha value is -0.770. The van der Waals surface area contributed by atoms with Gasteiger partial charge in [0.25, 0.3) is 0 Å². The standard InChI is InChI=1S/C12H17BrN2O/c1-9-5-6-15(8-11(9)13)12-4-3-10(16-2)7-14-12/h3-4,7,9,11H,5-6,8H2,1-2H3. The average Bonchev–Trinajstić information content (AvgIpc) is 2.33. The van der Waals surface area contributed by atoms with Crippen LogP contribution in [0.25, 0.3) is 0 Å². The molecule has 3 nitrogen and oxygen atoms in total. The summed E-state index contributed by atoms with van der Waals surface area (Å²) in [5.74, 6) is 2.59. The number of nitrogens with zero attached hydrogens (tertiary/aromatic N) is 2. The summed E-state index contributed by atoms with van der Waals surface area (Å²) in [5.41, 5.74) is 0. The van der Waals surface area contributed by atoms with E-state index in [2.05, 4.69) is 32.7 Å². The Morgan fingerprint density at radius 2 is 2.31 bits per heavy atom. The van der Waals surface area contributed by atoms with E-state index in [-0.39, 0.29) is 0 Å². The molecule has 0 saturated carbocycles. The number of methoxy groups -OCH3 is 1. The van der Waals surface area contributed by atoms with Crippen molar-refractivity contribution in [2.75, 3.05) is 25.1 Å². The van der Waals surface area contributed by atoms with Gasteiger partial charge in [-0.3, -0.25) is 0 Å². The Morgan fingerprint density at radius 1 is 1.50 bits per heavy atom. The first kappa shape index (κ1) is 11.7. The first-order chi connectivity index (χ1) is 7.70. The summed E-state index contributed by atoms with van der Waals surface area (Å²) in [5, 5.41) is 0. The molecule has 2 heterocycles. The van der Waals surface area contributed by atoms with E-state index in [4.69, 9.17) is 4.74 Å². The Kier molecular flexibility index (Phi) is 3.69. The van der Waals surface area contributed by atoms with Gasteiger partial charge in [0, 0.05) is 17.9 Å². The predicted molar refractivity (Wildman–Crippen MR) is 69.5 cm³/mol. The molecule has 1 aliphatic rings. The largest absolute Gasteiger partial charge is 0.495 e. The molecule has 16 heavy (non-hydrogen) atoms. The van der Waals surface area contributed by atoms with Crippen LogP contribution in [0.3, 0.4) is 0 Å². The van der Waals surface area contributed by atoms with Crippen molar-refractivity contribution < 1.29 is 4.74 Å². The molecular formula is C12H17BrN2O. The van der Waals surface area contributed by atoms with E-state index in [1.165, 1.54) is 6.42 Å². The van der Waals surface area contributed by atoms with E-state index in [9.17, 15) is 0 Å². The second kappa shape index (κ2) is 5.04. The lowest BCUT2D eigenvalue weighted by atomic mass is 9.99. The lowest BCUT2D eigenvalue weighted by molar-refractivity contribution is 0.412. The fourth-order valence-electron chi connectivity index (χ4n) is 1.91. The number of hydrogen-bond acceptors (Lipinski definition) is 3. The maximum absolute atomic E-state index is 5.10. The highest BCUT2D eigenvalue weighted by Crippen LogP contribution is 2.26. The highest BCUT2D eigenvalue weighted by atomic mass is 79.9. The van der Waals surface area contributed by atoms with Crippen LogP contribution in [0, 0.1) is 5.92 Å². The van der Waals surface area contributed by atoms with Crippen LogP contribution in [0.4, 0.5) is 5.82 Å². The summed E-state index contributed by atoms with van der Waals surface area (Å²) in [7, 11) is 1.66. The first-order valence-corrected chi connectivity index (χ1v) is 6.51. The number of rotatable bonds is 2. The molecule has 0 amide bonds. The third kappa shape index (κ3) is 2.48. The molecule has 2 rings (SSSR count). The number of ether oxygens (including phenoxy) is 1. The monoisotopic (exact) mass is 284 g/mol. The van der Waals surface area contributed by atoms with E-state index >= 15 is 0 Å². The van der Waals surface area contributed by atoms with Gasteiger partial charge in [-0.1, -0.05) is 22.9 Å². The molecule has 1 aliphatic heterocycles. The lowest BCUT2D eigenvalue weighted by Gasteiger charge is -2.35. The van der Waals surface area contributed by atoms with Crippen molar-refractivity contribution in [2.24, 2.45) is 5.92 Å². The molecule has 0 N–H and O–H groups in total. The van der Waals surface area contributed by atoms with Gasteiger partial charge in [0.15, 0.2) is 0 Å². The van der Waals surface area contributed by atoms with E-state index in [0.29, 0.717) is 4.83 Å². The second-order valence-corrected chi connectivity index (χ2v) is 5.46. The van der Waals surface area contributed by atoms with Crippen LogP contribution in [0.15, 0.2) is 18.3 Å².